The zero-order valence-electron chi connectivity index (χ0n) is 8.40. The maximum absolute atomic E-state index is 10.5. The van der Waals surface area contributed by atoms with E-state index in [1.54, 1.807) is 9.67 Å². The van der Waals surface area contributed by atoms with Gasteiger partial charge in [-0.05, 0) is 18.0 Å². The number of thioether (sulfide) groups is 1. The maximum atomic E-state index is 10.5. The zero-order chi connectivity index (χ0) is 11.4. The molecule has 0 saturated carbocycles. The minimum absolute atomic E-state index is 0.0437. The summed E-state index contributed by atoms with van der Waals surface area (Å²) in [5, 5.41) is 13.7. The summed E-state index contributed by atoms with van der Waals surface area (Å²) < 4.78 is 1.70. The van der Waals surface area contributed by atoms with Crippen LogP contribution in [-0.4, -0.2) is 26.6 Å². The number of halogens is 1. The minimum atomic E-state index is -0.826. The molecule has 6 heteroatoms. The molecule has 0 atom stereocenters. The highest BCUT2D eigenvalue weighted by atomic mass is 79.9. The Morgan fingerprint density at radius 1 is 1.73 bits per heavy atom. The second-order valence-electron chi connectivity index (χ2n) is 2.90. The third-order valence-corrected chi connectivity index (χ3v) is 3.19. The first-order valence-electron chi connectivity index (χ1n) is 4.21. The van der Waals surface area contributed by atoms with E-state index >= 15 is 0 Å². The van der Waals surface area contributed by atoms with Crippen molar-refractivity contribution < 1.29 is 9.90 Å². The van der Waals surface area contributed by atoms with Crippen LogP contribution in [0.15, 0.2) is 10.0 Å². The van der Waals surface area contributed by atoms with Crippen LogP contribution in [0.4, 0.5) is 0 Å². The fourth-order valence-electron chi connectivity index (χ4n) is 1.21. The molecule has 0 aromatic carbocycles. The van der Waals surface area contributed by atoms with E-state index in [4.69, 9.17) is 5.11 Å². The molecule has 1 heterocycles. The number of nitrogens with zero attached hydrogens (tertiary/aromatic N) is 2. The third kappa shape index (κ3) is 3.10. The number of hydrogen-bond donors (Lipinski definition) is 1. The molecule has 0 aliphatic rings. The zero-order valence-corrected chi connectivity index (χ0v) is 10.8. The number of carboxylic acid groups (broad SMARTS) is 1. The number of rotatable bonds is 4. The minimum Gasteiger partial charge on any atom is -0.481 e. The van der Waals surface area contributed by atoms with Crippen molar-refractivity contribution in [1.29, 1.82) is 0 Å². The third-order valence-electron chi connectivity index (χ3n) is 1.78. The summed E-state index contributed by atoms with van der Waals surface area (Å²) in [6.45, 7) is 1.90. The summed E-state index contributed by atoms with van der Waals surface area (Å²) in [6.07, 6.45) is 1.87. The van der Waals surface area contributed by atoms with E-state index in [0.29, 0.717) is 0 Å². The number of carbonyl (C=O) groups is 1. The van der Waals surface area contributed by atoms with Crippen LogP contribution < -0.4 is 0 Å². The largest absolute Gasteiger partial charge is 0.481 e. The normalized spacial score (nSPS) is 11.1. The van der Waals surface area contributed by atoms with Crippen molar-refractivity contribution in [3.8, 4) is 0 Å². The molecule has 82 valence electrons. The topological polar surface area (TPSA) is 55.1 Å². The van der Waals surface area contributed by atoms with Gasteiger partial charge in [-0.15, -0.1) is 0 Å². The Kier molecular flexibility index (Phi) is 4.41. The van der Waals surface area contributed by atoms with E-state index in [-0.39, 0.29) is 5.75 Å². The van der Waals surface area contributed by atoms with E-state index in [1.807, 2.05) is 20.0 Å². The number of carboxylic acids is 1. The number of aryl methyl sites for hydroxylation is 2. The van der Waals surface area contributed by atoms with Gasteiger partial charge in [0.05, 0.1) is 11.4 Å². The standard InChI is InChI=1S/C9H11BrN2O2S/c1-6-7(3-4-10)9(12(2)11-6)15-5-8(13)14/h3-4H,5H2,1-2H3,(H,13,14)/b4-3+. The average molecular weight is 291 g/mol. The second kappa shape index (κ2) is 5.37. The molecule has 0 amide bonds. The van der Waals surface area contributed by atoms with E-state index in [2.05, 4.69) is 21.0 Å². The first-order valence-corrected chi connectivity index (χ1v) is 6.11. The molecule has 0 radical (unpaired) electrons. The van der Waals surface area contributed by atoms with Crippen molar-refractivity contribution in [2.75, 3.05) is 5.75 Å². The summed E-state index contributed by atoms with van der Waals surface area (Å²) in [5.41, 5.74) is 1.85. The number of aliphatic carboxylic acids is 1. The van der Waals surface area contributed by atoms with Crippen molar-refractivity contribution in [1.82, 2.24) is 9.78 Å². The van der Waals surface area contributed by atoms with Crippen LogP contribution in [0.5, 0.6) is 0 Å². The first kappa shape index (κ1) is 12.3. The van der Waals surface area contributed by atoms with Crippen molar-refractivity contribution in [2.24, 2.45) is 7.05 Å². The van der Waals surface area contributed by atoms with Crippen molar-refractivity contribution >= 4 is 39.7 Å². The van der Waals surface area contributed by atoms with Gasteiger partial charge in [0, 0.05) is 12.6 Å². The molecule has 0 spiro atoms. The van der Waals surface area contributed by atoms with E-state index in [1.165, 1.54) is 11.8 Å². The second-order valence-corrected chi connectivity index (χ2v) is 4.40. The van der Waals surface area contributed by atoms with Crippen LogP contribution in [0.2, 0.25) is 0 Å². The monoisotopic (exact) mass is 290 g/mol. The van der Waals surface area contributed by atoms with Gasteiger partial charge < -0.3 is 5.11 Å². The summed E-state index contributed by atoms with van der Waals surface area (Å²) in [7, 11) is 1.81. The molecule has 1 rings (SSSR count). The van der Waals surface area contributed by atoms with Crippen LogP contribution in [0, 0.1) is 6.92 Å². The molecular formula is C9H11BrN2O2S. The van der Waals surface area contributed by atoms with E-state index in [0.717, 1.165) is 16.3 Å². The first-order chi connectivity index (χ1) is 7.06. The Morgan fingerprint density at radius 2 is 2.40 bits per heavy atom. The van der Waals surface area contributed by atoms with Gasteiger partial charge in [-0.1, -0.05) is 27.7 Å². The van der Waals surface area contributed by atoms with Crippen LogP contribution in [0.3, 0.4) is 0 Å². The lowest BCUT2D eigenvalue weighted by Crippen LogP contribution is -2.00. The summed E-state index contributed by atoms with van der Waals surface area (Å²) >= 11 is 4.47. The van der Waals surface area contributed by atoms with Gasteiger partial charge in [0.25, 0.3) is 0 Å². The maximum Gasteiger partial charge on any atom is 0.313 e. The molecule has 4 nitrogen and oxygen atoms in total. The van der Waals surface area contributed by atoms with E-state index < -0.39 is 5.97 Å². The van der Waals surface area contributed by atoms with Crippen LogP contribution in [0.1, 0.15) is 11.3 Å². The lowest BCUT2D eigenvalue weighted by molar-refractivity contribution is -0.133. The number of hydrogen-bond acceptors (Lipinski definition) is 3. The van der Waals surface area contributed by atoms with E-state index in [9.17, 15) is 4.79 Å². The molecule has 0 saturated heterocycles. The highest BCUT2D eigenvalue weighted by Gasteiger charge is 2.12. The molecular weight excluding hydrogens is 280 g/mol. The molecule has 0 fully saturated rings. The highest BCUT2D eigenvalue weighted by molar-refractivity contribution is 9.11. The fraction of sp³-hybridized carbons (Fsp3) is 0.333. The molecule has 0 aliphatic carbocycles. The van der Waals surface area contributed by atoms with Gasteiger partial charge in [0.1, 0.15) is 5.03 Å². The van der Waals surface area contributed by atoms with Crippen molar-refractivity contribution in [3.05, 3.63) is 16.2 Å². The number of aromatic nitrogens is 2. The van der Waals surface area contributed by atoms with Gasteiger partial charge >= 0.3 is 5.97 Å². The lowest BCUT2D eigenvalue weighted by atomic mass is 10.3. The Hall–Kier alpha value is -0.750. The predicted molar refractivity (Wildman–Crippen MR) is 64.3 cm³/mol. The summed E-state index contributed by atoms with van der Waals surface area (Å²) in [5.74, 6) is -0.783. The Bertz CT molecular complexity index is 401. The Balaban J connectivity index is 2.98. The average Bonchev–Trinajstić information content (AvgIpc) is 2.40. The molecule has 0 unspecified atom stereocenters. The molecule has 0 aliphatic heterocycles. The van der Waals surface area contributed by atoms with Crippen LogP contribution in [0.25, 0.3) is 6.08 Å². The molecule has 1 N–H and O–H groups in total. The highest BCUT2D eigenvalue weighted by Crippen LogP contribution is 2.26. The van der Waals surface area contributed by atoms with Gasteiger partial charge in [-0.25, -0.2) is 0 Å². The quantitative estimate of drug-likeness (QED) is 0.865. The molecule has 15 heavy (non-hydrogen) atoms. The Labute approximate surface area is 100 Å². The van der Waals surface area contributed by atoms with Gasteiger partial charge in [0.15, 0.2) is 0 Å². The van der Waals surface area contributed by atoms with Crippen LogP contribution >= 0.6 is 27.7 Å². The summed E-state index contributed by atoms with van der Waals surface area (Å²) in [6, 6.07) is 0. The molecule has 1 aromatic heterocycles. The smallest absolute Gasteiger partial charge is 0.313 e. The predicted octanol–water partition coefficient (Wildman–Crippen LogP) is 2.27. The molecule has 1 aromatic rings. The Morgan fingerprint density at radius 3 is 2.93 bits per heavy atom. The SMILES string of the molecule is Cc1nn(C)c(SCC(=O)O)c1/C=C/Br. The van der Waals surface area contributed by atoms with Gasteiger partial charge in [-0.2, -0.15) is 5.10 Å². The van der Waals surface area contributed by atoms with Crippen molar-refractivity contribution in [3.63, 3.8) is 0 Å². The molecule has 0 bridgehead atoms. The fourth-order valence-corrected chi connectivity index (χ4v) is 2.33. The van der Waals surface area contributed by atoms with Gasteiger partial charge in [0.2, 0.25) is 0 Å². The van der Waals surface area contributed by atoms with Gasteiger partial charge in [-0.3, -0.25) is 9.48 Å². The lowest BCUT2D eigenvalue weighted by Gasteiger charge is -2.00. The van der Waals surface area contributed by atoms with Crippen molar-refractivity contribution in [2.45, 2.75) is 11.9 Å². The summed E-state index contributed by atoms with van der Waals surface area (Å²) in [4.78, 5) is 12.2. The van der Waals surface area contributed by atoms with Crippen LogP contribution in [-0.2, 0) is 11.8 Å².